The molecule has 3 heteroatoms. The molecule has 0 amide bonds. The lowest BCUT2D eigenvalue weighted by Crippen LogP contribution is -2.55. The summed E-state index contributed by atoms with van der Waals surface area (Å²) in [7, 11) is 1.38. The van der Waals surface area contributed by atoms with Crippen LogP contribution in [0.2, 0.25) is 0 Å². The lowest BCUT2D eigenvalue weighted by Gasteiger charge is -2.53. The van der Waals surface area contributed by atoms with Crippen molar-refractivity contribution in [2.75, 3.05) is 7.11 Å². The number of hydrogen-bond acceptors (Lipinski definition) is 3. The van der Waals surface area contributed by atoms with E-state index in [-0.39, 0.29) is 17.2 Å². The van der Waals surface area contributed by atoms with Gasteiger partial charge in [0.25, 0.3) is 0 Å². The first-order valence-corrected chi connectivity index (χ1v) is 6.64. The topological polar surface area (TPSA) is 43.4 Å². The van der Waals surface area contributed by atoms with Crippen molar-refractivity contribution in [3.05, 3.63) is 0 Å². The minimum Gasteiger partial charge on any atom is -0.468 e. The molecule has 2 rings (SSSR count). The van der Waals surface area contributed by atoms with E-state index < -0.39 is 5.41 Å². The van der Waals surface area contributed by atoms with Crippen LogP contribution in [-0.2, 0) is 14.3 Å². The summed E-state index contributed by atoms with van der Waals surface area (Å²) in [6.07, 6.45) is 8.90. The quantitative estimate of drug-likeness (QED) is 0.549. The van der Waals surface area contributed by atoms with Crippen molar-refractivity contribution in [2.45, 2.75) is 58.3 Å². The van der Waals surface area contributed by atoms with E-state index in [0.29, 0.717) is 0 Å². The highest BCUT2D eigenvalue weighted by molar-refractivity contribution is 6.03. The van der Waals surface area contributed by atoms with Gasteiger partial charge in [0.1, 0.15) is 11.2 Å². The van der Waals surface area contributed by atoms with Gasteiger partial charge in [0, 0.05) is 0 Å². The van der Waals surface area contributed by atoms with Crippen molar-refractivity contribution in [2.24, 2.45) is 10.8 Å². The standard InChI is InChI=1S/C14H22O3/c1-11(15)14(12(16)17-2)9-13(10-14)7-5-3-4-6-8-13/h3-10H2,1-2H3. The molecule has 0 aromatic heterocycles. The lowest BCUT2D eigenvalue weighted by molar-refractivity contribution is -0.176. The summed E-state index contributed by atoms with van der Waals surface area (Å²) in [4.78, 5) is 23.6. The molecule has 0 aliphatic heterocycles. The van der Waals surface area contributed by atoms with Crippen molar-refractivity contribution in [3.63, 3.8) is 0 Å². The van der Waals surface area contributed by atoms with Gasteiger partial charge in [0.2, 0.25) is 0 Å². The van der Waals surface area contributed by atoms with Crippen LogP contribution < -0.4 is 0 Å². The van der Waals surface area contributed by atoms with E-state index in [1.165, 1.54) is 52.6 Å². The van der Waals surface area contributed by atoms with Crippen LogP contribution in [0.15, 0.2) is 0 Å². The van der Waals surface area contributed by atoms with Crippen molar-refractivity contribution in [3.8, 4) is 0 Å². The third-order valence-corrected chi connectivity index (χ3v) is 4.77. The molecule has 17 heavy (non-hydrogen) atoms. The van der Waals surface area contributed by atoms with E-state index in [1.54, 1.807) is 0 Å². The smallest absolute Gasteiger partial charge is 0.319 e. The number of hydrogen-bond donors (Lipinski definition) is 0. The van der Waals surface area contributed by atoms with Crippen molar-refractivity contribution < 1.29 is 14.3 Å². The molecule has 0 bridgehead atoms. The van der Waals surface area contributed by atoms with Crippen molar-refractivity contribution in [1.82, 2.24) is 0 Å². The van der Waals surface area contributed by atoms with Gasteiger partial charge in [-0.2, -0.15) is 0 Å². The predicted molar refractivity (Wildman–Crippen MR) is 64.5 cm³/mol. The maximum Gasteiger partial charge on any atom is 0.319 e. The fourth-order valence-electron chi connectivity index (χ4n) is 3.79. The molecule has 0 saturated heterocycles. The number of rotatable bonds is 2. The summed E-state index contributed by atoms with van der Waals surface area (Å²) in [6.45, 7) is 1.53. The van der Waals surface area contributed by atoms with Crippen LogP contribution in [0.25, 0.3) is 0 Å². The molecule has 2 aliphatic rings. The first kappa shape index (κ1) is 12.6. The Morgan fingerprint density at radius 2 is 1.53 bits per heavy atom. The highest BCUT2D eigenvalue weighted by Crippen LogP contribution is 2.61. The second-order valence-corrected chi connectivity index (χ2v) is 5.90. The average Bonchev–Trinajstić information content (AvgIpc) is 2.50. The van der Waals surface area contributed by atoms with E-state index in [4.69, 9.17) is 4.74 Å². The van der Waals surface area contributed by atoms with E-state index in [0.717, 1.165) is 12.8 Å². The summed E-state index contributed by atoms with van der Waals surface area (Å²) >= 11 is 0. The van der Waals surface area contributed by atoms with Crippen LogP contribution >= 0.6 is 0 Å². The van der Waals surface area contributed by atoms with Gasteiger partial charge < -0.3 is 4.74 Å². The largest absolute Gasteiger partial charge is 0.468 e. The molecule has 3 nitrogen and oxygen atoms in total. The molecule has 2 saturated carbocycles. The molecule has 96 valence electrons. The molecular formula is C14H22O3. The SMILES string of the molecule is COC(=O)C1(C(C)=O)CC2(CCCCCC2)C1. The van der Waals surface area contributed by atoms with Crippen molar-refractivity contribution >= 4 is 11.8 Å². The Bertz CT molecular complexity index is 316. The van der Waals surface area contributed by atoms with E-state index in [9.17, 15) is 9.59 Å². The van der Waals surface area contributed by atoms with Crippen molar-refractivity contribution in [1.29, 1.82) is 0 Å². The monoisotopic (exact) mass is 238 g/mol. The third-order valence-electron chi connectivity index (χ3n) is 4.77. The Morgan fingerprint density at radius 3 is 1.94 bits per heavy atom. The van der Waals surface area contributed by atoms with Crippen LogP contribution in [0, 0.1) is 10.8 Å². The zero-order chi connectivity index (χ0) is 12.5. The van der Waals surface area contributed by atoms with Gasteiger partial charge in [-0.15, -0.1) is 0 Å². The van der Waals surface area contributed by atoms with Crippen LogP contribution in [0.4, 0.5) is 0 Å². The lowest BCUT2D eigenvalue weighted by atomic mass is 9.49. The maximum atomic E-state index is 11.8. The second kappa shape index (κ2) is 4.43. The number of ketones is 1. The normalized spacial score (nSPS) is 25.8. The minimum atomic E-state index is -0.806. The highest BCUT2D eigenvalue weighted by atomic mass is 16.5. The van der Waals surface area contributed by atoms with E-state index >= 15 is 0 Å². The molecule has 0 aromatic carbocycles. The maximum absolute atomic E-state index is 11.8. The first-order chi connectivity index (χ1) is 8.05. The Balaban J connectivity index is 2.11. The zero-order valence-electron chi connectivity index (χ0n) is 10.9. The van der Waals surface area contributed by atoms with Crippen LogP contribution in [-0.4, -0.2) is 18.9 Å². The molecule has 1 spiro atoms. The first-order valence-electron chi connectivity index (χ1n) is 6.64. The summed E-state index contributed by atoms with van der Waals surface area (Å²) in [6, 6.07) is 0. The van der Waals surface area contributed by atoms with Gasteiger partial charge in [-0.1, -0.05) is 25.7 Å². The van der Waals surface area contributed by atoms with E-state index in [1.807, 2.05) is 0 Å². The van der Waals surface area contributed by atoms with Gasteiger partial charge in [-0.25, -0.2) is 0 Å². The van der Waals surface area contributed by atoms with Gasteiger partial charge >= 0.3 is 5.97 Å². The Labute approximate surface area is 103 Å². The molecule has 0 aromatic rings. The average molecular weight is 238 g/mol. The third kappa shape index (κ3) is 2.00. The number of carbonyl (C=O) groups is 2. The molecule has 0 atom stereocenters. The van der Waals surface area contributed by atoms with Crippen LogP contribution in [0.1, 0.15) is 58.3 Å². The fourth-order valence-corrected chi connectivity index (χ4v) is 3.79. The highest BCUT2D eigenvalue weighted by Gasteiger charge is 2.61. The van der Waals surface area contributed by atoms with Gasteiger partial charge in [-0.05, 0) is 38.0 Å². The number of carbonyl (C=O) groups excluding carboxylic acids is 2. The fraction of sp³-hybridized carbons (Fsp3) is 0.857. The van der Waals surface area contributed by atoms with Crippen LogP contribution in [0.3, 0.4) is 0 Å². The number of methoxy groups -OCH3 is 1. The molecular weight excluding hydrogens is 216 g/mol. The molecule has 2 fully saturated rings. The zero-order valence-corrected chi connectivity index (χ0v) is 10.9. The number of Topliss-reactive ketones (excluding diaryl/α,β-unsaturated/α-hetero) is 1. The summed E-state index contributed by atoms with van der Waals surface area (Å²) < 4.78 is 4.82. The Kier molecular flexibility index (Phi) is 3.28. The second-order valence-electron chi connectivity index (χ2n) is 5.90. The predicted octanol–water partition coefficient (Wildman–Crippen LogP) is 2.87. The summed E-state index contributed by atoms with van der Waals surface area (Å²) in [5.74, 6) is -0.334. The van der Waals surface area contributed by atoms with Gasteiger partial charge in [-0.3, -0.25) is 9.59 Å². The van der Waals surface area contributed by atoms with Gasteiger partial charge in [0.05, 0.1) is 7.11 Å². The number of ether oxygens (including phenoxy) is 1. The molecule has 0 unspecified atom stereocenters. The van der Waals surface area contributed by atoms with Crippen LogP contribution in [0.5, 0.6) is 0 Å². The van der Waals surface area contributed by atoms with Gasteiger partial charge in [0.15, 0.2) is 0 Å². The summed E-state index contributed by atoms with van der Waals surface area (Å²) in [5, 5.41) is 0. The summed E-state index contributed by atoms with van der Waals surface area (Å²) in [5.41, 5.74) is -0.546. The molecule has 2 aliphatic carbocycles. The molecule has 0 heterocycles. The molecule has 0 N–H and O–H groups in total. The van der Waals surface area contributed by atoms with E-state index in [2.05, 4.69) is 0 Å². The molecule has 0 radical (unpaired) electrons. The Hall–Kier alpha value is -0.860. The minimum absolute atomic E-state index is 0.0146. The number of esters is 1. The Morgan fingerprint density at radius 1 is 1.00 bits per heavy atom.